The summed E-state index contributed by atoms with van der Waals surface area (Å²) in [5.74, 6) is -1.03. The summed E-state index contributed by atoms with van der Waals surface area (Å²) in [4.78, 5) is 11.2. The van der Waals surface area contributed by atoms with Gasteiger partial charge in [0.25, 0.3) is 0 Å². The van der Waals surface area contributed by atoms with Crippen LogP contribution in [0.15, 0.2) is 36.4 Å². The number of anilines is 3. The van der Waals surface area contributed by atoms with Crippen LogP contribution in [-0.2, 0) is 0 Å². The third-order valence-corrected chi connectivity index (χ3v) is 3.60. The molecular weight excluding hydrogens is 379 g/mol. The van der Waals surface area contributed by atoms with Crippen LogP contribution in [0.25, 0.3) is 0 Å². The Morgan fingerprint density at radius 2 is 1.89 bits per heavy atom. The van der Waals surface area contributed by atoms with Crippen molar-refractivity contribution in [2.24, 2.45) is 0 Å². The van der Waals surface area contributed by atoms with Crippen LogP contribution in [0.5, 0.6) is 0 Å². The lowest BCUT2D eigenvalue weighted by molar-refractivity contribution is 0.0698. The van der Waals surface area contributed by atoms with E-state index in [-0.39, 0.29) is 5.56 Å². The van der Waals surface area contributed by atoms with Gasteiger partial charge in [0, 0.05) is 14.3 Å². The molecule has 0 aliphatic heterocycles. The molecule has 2 rings (SSSR count). The molecule has 0 unspecified atom stereocenters. The summed E-state index contributed by atoms with van der Waals surface area (Å²) in [5.41, 5.74) is 7.42. The van der Waals surface area contributed by atoms with Crippen molar-refractivity contribution in [3.8, 4) is 0 Å². The van der Waals surface area contributed by atoms with Crippen LogP contribution >= 0.6 is 34.2 Å². The number of nitrogens with two attached hydrogens (primary N) is 1. The Bertz CT molecular complexity index is 647. The van der Waals surface area contributed by atoms with Crippen molar-refractivity contribution in [1.82, 2.24) is 0 Å². The monoisotopic (exact) mass is 388 g/mol. The van der Waals surface area contributed by atoms with Gasteiger partial charge in [0.1, 0.15) is 0 Å². The van der Waals surface area contributed by atoms with E-state index in [1.807, 2.05) is 0 Å². The van der Waals surface area contributed by atoms with Crippen LogP contribution in [0, 0.1) is 3.57 Å². The molecule has 4 nitrogen and oxygen atoms in total. The molecule has 6 heteroatoms. The van der Waals surface area contributed by atoms with E-state index in [9.17, 15) is 4.79 Å². The van der Waals surface area contributed by atoms with Crippen molar-refractivity contribution in [3.05, 3.63) is 50.6 Å². The molecule has 2 aromatic rings. The zero-order valence-electron chi connectivity index (χ0n) is 9.65. The molecule has 0 spiro atoms. The first-order valence-corrected chi connectivity index (χ1v) is 6.78. The van der Waals surface area contributed by atoms with Gasteiger partial charge in [-0.15, -0.1) is 0 Å². The minimum Gasteiger partial charge on any atom is -0.478 e. The fraction of sp³-hybridized carbons (Fsp3) is 0. The van der Waals surface area contributed by atoms with E-state index in [0.717, 1.165) is 9.26 Å². The summed E-state index contributed by atoms with van der Waals surface area (Å²) in [7, 11) is 0. The number of carbonyl (C=O) groups is 1. The highest BCUT2D eigenvalue weighted by molar-refractivity contribution is 14.1. The molecule has 0 heterocycles. The number of nitrogen functional groups attached to an aromatic ring is 1. The number of hydrogen-bond donors (Lipinski definition) is 3. The van der Waals surface area contributed by atoms with Crippen LogP contribution in [0.4, 0.5) is 17.1 Å². The highest BCUT2D eigenvalue weighted by Gasteiger charge is 2.11. The quantitative estimate of drug-likeness (QED) is 0.549. The number of aromatic carboxylic acids is 1. The minimum absolute atomic E-state index is 0.130. The second-order valence-corrected chi connectivity index (χ2v) is 5.46. The Morgan fingerprint density at radius 1 is 1.21 bits per heavy atom. The summed E-state index contributed by atoms with van der Waals surface area (Å²) < 4.78 is 0.901. The molecule has 98 valence electrons. The Morgan fingerprint density at radius 3 is 2.53 bits per heavy atom. The molecule has 0 aliphatic rings. The average molecular weight is 389 g/mol. The van der Waals surface area contributed by atoms with Gasteiger partial charge >= 0.3 is 5.97 Å². The predicted molar refractivity (Wildman–Crippen MR) is 85.3 cm³/mol. The van der Waals surface area contributed by atoms with Crippen molar-refractivity contribution in [3.63, 3.8) is 0 Å². The molecule has 0 amide bonds. The van der Waals surface area contributed by atoms with Gasteiger partial charge < -0.3 is 16.2 Å². The Balaban J connectivity index is 2.40. The third kappa shape index (κ3) is 3.30. The standard InChI is InChI=1S/C13H10ClIN2O2/c14-7-1-3-12(10(15)5-7)17-11-4-2-8(16)6-9(11)13(18)19/h1-6,17H,16H2,(H,18,19). The Kier molecular flexibility index (Phi) is 4.16. The Hall–Kier alpha value is -1.47. The maximum absolute atomic E-state index is 11.2. The van der Waals surface area contributed by atoms with Gasteiger partial charge in [0.2, 0.25) is 0 Å². The van der Waals surface area contributed by atoms with Crippen molar-refractivity contribution >= 4 is 57.2 Å². The highest BCUT2D eigenvalue weighted by atomic mass is 127. The molecular formula is C13H10ClIN2O2. The summed E-state index contributed by atoms with van der Waals surface area (Å²) in [6, 6.07) is 10.0. The lowest BCUT2D eigenvalue weighted by Crippen LogP contribution is -2.04. The minimum atomic E-state index is -1.03. The predicted octanol–water partition coefficient (Wildman–Crippen LogP) is 3.97. The van der Waals surface area contributed by atoms with Gasteiger partial charge in [-0.3, -0.25) is 0 Å². The van der Waals surface area contributed by atoms with Gasteiger partial charge in [-0.2, -0.15) is 0 Å². The number of halogens is 2. The molecule has 4 N–H and O–H groups in total. The van der Waals surface area contributed by atoms with Crippen molar-refractivity contribution in [2.45, 2.75) is 0 Å². The van der Waals surface area contributed by atoms with Gasteiger partial charge in [-0.05, 0) is 59.0 Å². The summed E-state index contributed by atoms with van der Waals surface area (Å²) in [6.45, 7) is 0. The van der Waals surface area contributed by atoms with E-state index in [0.29, 0.717) is 16.4 Å². The molecule has 0 bridgehead atoms. The molecule has 19 heavy (non-hydrogen) atoms. The second-order valence-electron chi connectivity index (χ2n) is 3.86. The number of benzene rings is 2. The number of carboxylic acids is 1. The normalized spacial score (nSPS) is 10.2. The number of rotatable bonds is 3. The summed E-state index contributed by atoms with van der Waals surface area (Å²) in [6.07, 6.45) is 0. The van der Waals surface area contributed by atoms with Gasteiger partial charge in [0.05, 0.1) is 16.9 Å². The maximum atomic E-state index is 11.2. The second kappa shape index (κ2) is 5.66. The van der Waals surface area contributed by atoms with Crippen LogP contribution in [0.2, 0.25) is 5.02 Å². The van der Waals surface area contributed by atoms with E-state index in [1.54, 1.807) is 30.3 Å². The van der Waals surface area contributed by atoms with E-state index >= 15 is 0 Å². The van der Waals surface area contributed by atoms with E-state index in [4.69, 9.17) is 22.4 Å². The van der Waals surface area contributed by atoms with Crippen molar-refractivity contribution < 1.29 is 9.90 Å². The zero-order chi connectivity index (χ0) is 14.0. The highest BCUT2D eigenvalue weighted by Crippen LogP contribution is 2.28. The summed E-state index contributed by atoms with van der Waals surface area (Å²) in [5, 5.41) is 12.9. The first-order valence-electron chi connectivity index (χ1n) is 5.32. The van der Waals surface area contributed by atoms with E-state index in [1.165, 1.54) is 6.07 Å². The SMILES string of the molecule is Nc1ccc(Nc2ccc(Cl)cc2I)c(C(=O)O)c1. The Labute approximate surface area is 128 Å². The van der Waals surface area contributed by atoms with Crippen molar-refractivity contribution in [2.75, 3.05) is 11.1 Å². The lowest BCUT2D eigenvalue weighted by Gasteiger charge is -2.12. The fourth-order valence-corrected chi connectivity index (χ4v) is 2.59. The van der Waals surface area contributed by atoms with E-state index in [2.05, 4.69) is 27.9 Å². The average Bonchev–Trinajstić information content (AvgIpc) is 2.34. The number of carboxylic acid groups (broad SMARTS) is 1. The van der Waals surface area contributed by atoms with Crippen LogP contribution in [0.3, 0.4) is 0 Å². The third-order valence-electron chi connectivity index (χ3n) is 2.47. The first-order chi connectivity index (χ1) is 8.97. The zero-order valence-corrected chi connectivity index (χ0v) is 12.6. The van der Waals surface area contributed by atoms with Gasteiger partial charge in [-0.1, -0.05) is 11.6 Å². The van der Waals surface area contributed by atoms with E-state index < -0.39 is 5.97 Å². The molecule has 0 aromatic heterocycles. The van der Waals surface area contributed by atoms with Crippen LogP contribution in [-0.4, -0.2) is 11.1 Å². The van der Waals surface area contributed by atoms with Crippen LogP contribution < -0.4 is 11.1 Å². The molecule has 0 fully saturated rings. The number of hydrogen-bond acceptors (Lipinski definition) is 3. The smallest absolute Gasteiger partial charge is 0.337 e. The maximum Gasteiger partial charge on any atom is 0.337 e. The van der Waals surface area contributed by atoms with Crippen molar-refractivity contribution in [1.29, 1.82) is 0 Å². The van der Waals surface area contributed by atoms with Gasteiger partial charge in [-0.25, -0.2) is 4.79 Å². The lowest BCUT2D eigenvalue weighted by atomic mass is 10.1. The van der Waals surface area contributed by atoms with Gasteiger partial charge in [0.15, 0.2) is 0 Å². The number of nitrogens with one attached hydrogen (secondary N) is 1. The van der Waals surface area contributed by atoms with Crippen LogP contribution in [0.1, 0.15) is 10.4 Å². The molecule has 0 saturated carbocycles. The first kappa shape index (κ1) is 14.0. The topological polar surface area (TPSA) is 75.3 Å². The molecule has 2 aromatic carbocycles. The largest absolute Gasteiger partial charge is 0.478 e. The fourth-order valence-electron chi connectivity index (χ4n) is 1.58. The molecule has 0 atom stereocenters. The molecule has 0 radical (unpaired) electrons. The summed E-state index contributed by atoms with van der Waals surface area (Å²) >= 11 is 8.01. The molecule has 0 aliphatic carbocycles. The molecule has 0 saturated heterocycles.